The molecule has 0 spiro atoms. The molecule has 2 heterocycles. The largest absolute Gasteiger partial charge is 0.453 e. The van der Waals surface area contributed by atoms with Crippen LogP contribution in [0.2, 0.25) is 0 Å². The van der Waals surface area contributed by atoms with Crippen LogP contribution in [-0.2, 0) is 5.41 Å². The molecule has 2 nitrogen and oxygen atoms in total. The summed E-state index contributed by atoms with van der Waals surface area (Å²) >= 11 is 1.87. The molecule has 3 heteroatoms. The van der Waals surface area contributed by atoms with Crippen LogP contribution in [0.3, 0.4) is 0 Å². The SMILES string of the molecule is CC1(C)c2ccccc2-c2ccc(N(c3ccc(-c4cccc5c4sc4ccccc45)cc3)c3cccc4c3oc3c(-c5cc6ccccc6c6ccccc56)c5ccccc5cc34)cc21. The highest BCUT2D eigenvalue weighted by Gasteiger charge is 2.36. The number of anilines is 3. The third-order valence-corrected chi connectivity index (χ3v) is 15.7. The zero-order chi connectivity index (χ0) is 43.7. The molecule has 0 radical (unpaired) electrons. The lowest BCUT2D eigenvalue weighted by Crippen LogP contribution is -2.16. The molecule has 1 aliphatic carbocycles. The first-order chi connectivity index (χ1) is 32.5. The van der Waals surface area contributed by atoms with E-state index in [9.17, 15) is 0 Å². The Morgan fingerprint density at radius 1 is 0.394 bits per heavy atom. The van der Waals surface area contributed by atoms with Gasteiger partial charge < -0.3 is 9.32 Å². The van der Waals surface area contributed by atoms with Crippen LogP contribution in [-0.4, -0.2) is 0 Å². The minimum Gasteiger partial charge on any atom is -0.453 e. The number of thiophene rings is 1. The monoisotopic (exact) mass is 859 g/mol. The summed E-state index contributed by atoms with van der Waals surface area (Å²) in [6.07, 6.45) is 0. The summed E-state index contributed by atoms with van der Waals surface area (Å²) in [5.41, 5.74) is 14.8. The maximum Gasteiger partial charge on any atom is 0.159 e. The van der Waals surface area contributed by atoms with Crippen LogP contribution in [0.5, 0.6) is 0 Å². The number of furan rings is 1. The van der Waals surface area contributed by atoms with Gasteiger partial charge in [0.05, 0.1) is 5.69 Å². The third kappa shape index (κ3) is 5.35. The smallest absolute Gasteiger partial charge is 0.159 e. The van der Waals surface area contributed by atoms with Crippen molar-refractivity contribution in [3.05, 3.63) is 223 Å². The van der Waals surface area contributed by atoms with E-state index < -0.39 is 0 Å². The Bertz CT molecular complexity index is 4150. The zero-order valence-electron chi connectivity index (χ0n) is 36.5. The van der Waals surface area contributed by atoms with E-state index in [1.54, 1.807) is 0 Å². The third-order valence-electron chi connectivity index (χ3n) is 14.4. The molecule has 0 amide bonds. The first kappa shape index (κ1) is 37.4. The van der Waals surface area contributed by atoms with Gasteiger partial charge in [-0.25, -0.2) is 0 Å². The normalized spacial score (nSPS) is 13.1. The van der Waals surface area contributed by atoms with Crippen molar-refractivity contribution in [1.82, 2.24) is 0 Å². The summed E-state index contributed by atoms with van der Waals surface area (Å²) in [6, 6.07) is 78.3. The van der Waals surface area contributed by atoms with Gasteiger partial charge in [-0.3, -0.25) is 0 Å². The number of hydrogen-bond acceptors (Lipinski definition) is 3. The molecule has 0 bridgehead atoms. The van der Waals surface area contributed by atoms with E-state index in [1.807, 2.05) is 11.3 Å². The average Bonchev–Trinajstić information content (AvgIpc) is 4.01. The summed E-state index contributed by atoms with van der Waals surface area (Å²) in [7, 11) is 0. The highest BCUT2D eigenvalue weighted by Crippen LogP contribution is 2.53. The predicted octanol–water partition coefficient (Wildman–Crippen LogP) is 18.5. The number of hydrogen-bond donors (Lipinski definition) is 0. The molecule has 2 aromatic heterocycles. The molecular weight excluding hydrogens is 819 g/mol. The van der Waals surface area contributed by atoms with Crippen LogP contribution < -0.4 is 4.90 Å². The van der Waals surface area contributed by atoms with E-state index in [0.717, 1.165) is 44.6 Å². The van der Waals surface area contributed by atoms with Gasteiger partial charge in [0, 0.05) is 53.3 Å². The molecule has 0 saturated heterocycles. The molecular formula is C63H41NOS. The Kier molecular flexibility index (Phi) is 7.94. The van der Waals surface area contributed by atoms with Crippen LogP contribution >= 0.6 is 11.3 Å². The van der Waals surface area contributed by atoms with Gasteiger partial charge in [-0.15, -0.1) is 11.3 Å². The average molecular weight is 860 g/mol. The lowest BCUT2D eigenvalue weighted by Gasteiger charge is -2.28. The van der Waals surface area contributed by atoms with E-state index in [4.69, 9.17) is 4.42 Å². The number of para-hydroxylation sites is 1. The predicted molar refractivity (Wildman–Crippen MR) is 282 cm³/mol. The molecule has 13 aromatic rings. The minimum absolute atomic E-state index is 0.163. The highest BCUT2D eigenvalue weighted by molar-refractivity contribution is 7.26. The summed E-state index contributed by atoms with van der Waals surface area (Å²) in [6.45, 7) is 4.72. The van der Waals surface area contributed by atoms with Gasteiger partial charge in [-0.05, 0) is 120 Å². The molecule has 310 valence electrons. The van der Waals surface area contributed by atoms with Gasteiger partial charge in [0.25, 0.3) is 0 Å². The Balaban J connectivity index is 1.02. The molecule has 0 saturated carbocycles. The van der Waals surface area contributed by atoms with Crippen molar-refractivity contribution in [2.45, 2.75) is 19.3 Å². The van der Waals surface area contributed by atoms with Crippen molar-refractivity contribution in [3.63, 3.8) is 0 Å². The molecule has 1 aliphatic rings. The maximum atomic E-state index is 7.48. The van der Waals surface area contributed by atoms with Crippen molar-refractivity contribution in [2.75, 3.05) is 4.90 Å². The van der Waals surface area contributed by atoms with Gasteiger partial charge in [0.2, 0.25) is 0 Å². The zero-order valence-corrected chi connectivity index (χ0v) is 37.3. The first-order valence-electron chi connectivity index (χ1n) is 22.8. The van der Waals surface area contributed by atoms with Crippen LogP contribution in [0.15, 0.2) is 217 Å². The highest BCUT2D eigenvalue weighted by atomic mass is 32.1. The van der Waals surface area contributed by atoms with Gasteiger partial charge in [-0.1, -0.05) is 178 Å². The molecule has 0 fully saturated rings. The fourth-order valence-electron chi connectivity index (χ4n) is 11.3. The lowest BCUT2D eigenvalue weighted by atomic mass is 9.82. The van der Waals surface area contributed by atoms with Crippen molar-refractivity contribution in [1.29, 1.82) is 0 Å². The van der Waals surface area contributed by atoms with Gasteiger partial charge >= 0.3 is 0 Å². The maximum absolute atomic E-state index is 7.48. The van der Waals surface area contributed by atoms with E-state index >= 15 is 0 Å². The molecule has 0 N–H and O–H groups in total. The number of nitrogens with zero attached hydrogens (tertiary/aromatic N) is 1. The Morgan fingerprint density at radius 2 is 1.02 bits per heavy atom. The second-order valence-electron chi connectivity index (χ2n) is 18.4. The van der Waals surface area contributed by atoms with Crippen LogP contribution in [0.25, 0.3) is 108 Å². The second-order valence-corrected chi connectivity index (χ2v) is 19.4. The Morgan fingerprint density at radius 3 is 1.86 bits per heavy atom. The van der Waals surface area contributed by atoms with E-state index in [1.165, 1.54) is 91.4 Å². The van der Waals surface area contributed by atoms with Crippen LogP contribution in [0.1, 0.15) is 25.0 Å². The summed E-state index contributed by atoms with van der Waals surface area (Å²) < 4.78 is 10.1. The van der Waals surface area contributed by atoms with E-state index in [0.29, 0.717) is 0 Å². The van der Waals surface area contributed by atoms with Gasteiger partial charge in [0.1, 0.15) is 5.58 Å². The second kappa shape index (κ2) is 14.0. The molecule has 0 aliphatic heterocycles. The number of rotatable bonds is 5. The molecule has 0 atom stereocenters. The first-order valence-corrected chi connectivity index (χ1v) is 23.6. The molecule has 66 heavy (non-hydrogen) atoms. The van der Waals surface area contributed by atoms with Gasteiger partial charge in [0.15, 0.2) is 5.58 Å². The van der Waals surface area contributed by atoms with Crippen LogP contribution in [0, 0.1) is 0 Å². The molecule has 11 aromatic carbocycles. The van der Waals surface area contributed by atoms with Crippen LogP contribution in [0.4, 0.5) is 17.1 Å². The standard InChI is InChI=1S/C63H41NOS/c1-63(2)55-26-11-9-21-48(55)49-34-33-42(37-56(49)63)64(41-31-29-38(30-32-41)45-23-13-25-52-50-22-10-12-28-58(50)66-62(45)52)57-27-14-24-51-54-36-40-16-4-6-18-44(40)59(61(54)65-60(51)57)53-35-39-15-3-5-17-43(39)46-19-7-8-20-47(46)53/h3-37H,1-2H3. The lowest BCUT2D eigenvalue weighted by molar-refractivity contribution is 0.660. The van der Waals surface area contributed by atoms with Crippen molar-refractivity contribution < 1.29 is 4.42 Å². The van der Waals surface area contributed by atoms with E-state index in [2.05, 4.69) is 231 Å². The quantitative estimate of drug-likeness (QED) is 0.160. The molecule has 0 unspecified atom stereocenters. The van der Waals surface area contributed by atoms with Crippen molar-refractivity contribution in [3.8, 4) is 33.4 Å². The summed E-state index contributed by atoms with van der Waals surface area (Å²) in [4.78, 5) is 2.42. The fourth-order valence-corrected chi connectivity index (χ4v) is 12.5. The van der Waals surface area contributed by atoms with Crippen molar-refractivity contribution in [2.24, 2.45) is 0 Å². The van der Waals surface area contributed by atoms with E-state index in [-0.39, 0.29) is 5.41 Å². The van der Waals surface area contributed by atoms with Crippen molar-refractivity contribution >= 4 is 103 Å². The number of fused-ring (bicyclic) bond motifs is 13. The number of benzene rings is 11. The fraction of sp³-hybridized carbons (Fsp3) is 0.0476. The molecule has 14 rings (SSSR count). The summed E-state index contributed by atoms with van der Waals surface area (Å²) in [5, 5.41) is 12.1. The van der Waals surface area contributed by atoms with Gasteiger partial charge in [-0.2, -0.15) is 0 Å². The topological polar surface area (TPSA) is 16.4 Å². The minimum atomic E-state index is -0.163. The Labute approximate surface area is 386 Å². The Hall–Kier alpha value is -7.98. The summed E-state index contributed by atoms with van der Waals surface area (Å²) in [5.74, 6) is 0.